The summed E-state index contributed by atoms with van der Waals surface area (Å²) in [6, 6.07) is 0. The molecule has 0 saturated carbocycles. The van der Waals surface area contributed by atoms with Crippen LogP contribution in [0.25, 0.3) is 0 Å². The minimum atomic E-state index is 0.109. The van der Waals surface area contributed by atoms with E-state index in [1.54, 1.807) is 0 Å². The van der Waals surface area contributed by atoms with Crippen LogP contribution in [0.2, 0.25) is 0 Å². The van der Waals surface area contributed by atoms with Crippen LogP contribution in [-0.4, -0.2) is 37.0 Å². The Kier molecular flexibility index (Phi) is 5.40. The van der Waals surface area contributed by atoms with Crippen molar-refractivity contribution < 1.29 is 4.79 Å². The molecule has 1 aliphatic heterocycles. The zero-order valence-corrected chi connectivity index (χ0v) is 9.88. The van der Waals surface area contributed by atoms with Crippen LogP contribution < -0.4 is 5.32 Å². The van der Waals surface area contributed by atoms with Crippen molar-refractivity contribution in [2.24, 2.45) is 0 Å². The molecule has 3 heteroatoms. The molecule has 1 fully saturated rings. The lowest BCUT2D eigenvalue weighted by Crippen LogP contribution is -2.41. The molecule has 0 aromatic heterocycles. The van der Waals surface area contributed by atoms with E-state index in [1.165, 1.54) is 6.42 Å². The Hall–Kier alpha value is -0.830. The van der Waals surface area contributed by atoms with Gasteiger partial charge in [0.1, 0.15) is 0 Å². The van der Waals surface area contributed by atoms with Gasteiger partial charge in [0.15, 0.2) is 0 Å². The molecule has 0 aromatic carbocycles. The Labute approximate surface area is 92.5 Å². The highest BCUT2D eigenvalue weighted by atomic mass is 16.1. The van der Waals surface area contributed by atoms with Gasteiger partial charge in [-0.3, -0.25) is 9.69 Å². The normalized spacial score (nSPS) is 17.3. The zero-order valence-electron chi connectivity index (χ0n) is 9.88. The average molecular weight is 210 g/mol. The number of likely N-dealkylation sites (tertiary alicyclic amines) is 1. The maximum Gasteiger partial charge on any atom is 0.248 e. The molecule has 15 heavy (non-hydrogen) atoms. The van der Waals surface area contributed by atoms with Crippen molar-refractivity contribution in [3.63, 3.8) is 0 Å². The fraction of sp³-hybridized carbons (Fsp3) is 0.750. The summed E-state index contributed by atoms with van der Waals surface area (Å²) >= 11 is 0. The lowest BCUT2D eigenvalue weighted by Gasteiger charge is -2.31. The van der Waals surface area contributed by atoms with Gasteiger partial charge in [-0.2, -0.15) is 0 Å². The van der Waals surface area contributed by atoms with Crippen molar-refractivity contribution in [2.75, 3.05) is 26.2 Å². The summed E-state index contributed by atoms with van der Waals surface area (Å²) in [5.74, 6) is 0.109. The van der Waals surface area contributed by atoms with Gasteiger partial charge in [-0.25, -0.2) is 0 Å². The van der Waals surface area contributed by atoms with Crippen LogP contribution in [0.3, 0.4) is 0 Å². The summed E-state index contributed by atoms with van der Waals surface area (Å²) in [5.41, 5.74) is 0.908. The Bertz CT molecular complexity index is 232. The number of hydrogen-bond acceptors (Lipinski definition) is 2. The average Bonchev–Trinajstić information content (AvgIpc) is 2.16. The van der Waals surface area contributed by atoms with Crippen molar-refractivity contribution in [2.45, 2.75) is 33.1 Å². The predicted molar refractivity (Wildman–Crippen MR) is 62.7 cm³/mol. The molecule has 3 nitrogen and oxygen atoms in total. The summed E-state index contributed by atoms with van der Waals surface area (Å²) in [7, 11) is 0. The van der Waals surface area contributed by atoms with Crippen molar-refractivity contribution >= 4 is 5.91 Å². The van der Waals surface area contributed by atoms with Gasteiger partial charge in [-0.05, 0) is 32.9 Å². The Morgan fingerprint density at radius 2 is 2.20 bits per heavy atom. The lowest BCUT2D eigenvalue weighted by atomic mass is 10.1. The maximum absolute atomic E-state index is 11.7. The Balaban J connectivity index is 2.26. The quantitative estimate of drug-likeness (QED) is 0.533. The number of rotatable bonds is 6. The molecule has 0 bridgehead atoms. The number of unbranched alkanes of at least 4 members (excludes halogenated alkanes) is 1. The Morgan fingerprint density at radius 3 is 2.67 bits per heavy atom. The number of carbonyl (C=O) groups is 1. The number of carbonyl (C=O) groups excluding carboxylic acids is 1. The van der Waals surface area contributed by atoms with E-state index in [4.69, 9.17) is 0 Å². The molecule has 1 N–H and O–H groups in total. The van der Waals surface area contributed by atoms with Crippen molar-refractivity contribution in [1.29, 1.82) is 0 Å². The zero-order chi connectivity index (χ0) is 11.1. The molecular formula is C12H22N2O. The second kappa shape index (κ2) is 6.62. The van der Waals surface area contributed by atoms with Crippen LogP contribution in [0, 0.1) is 0 Å². The van der Waals surface area contributed by atoms with E-state index >= 15 is 0 Å². The fourth-order valence-electron chi connectivity index (χ4n) is 1.57. The summed E-state index contributed by atoms with van der Waals surface area (Å²) in [6.45, 7) is 7.96. The summed E-state index contributed by atoms with van der Waals surface area (Å²) in [5, 5.41) is 2.95. The minimum Gasteiger partial charge on any atom is -0.352 e. The van der Waals surface area contributed by atoms with E-state index in [9.17, 15) is 4.79 Å². The SMILES string of the molecule is C/C=C(\CN1CCC1)C(=O)NCCCC. The standard InChI is InChI=1S/C12H22N2O/c1-3-5-7-13-12(15)11(4-2)10-14-8-6-9-14/h4H,3,5-10H2,1-2H3,(H,13,15)/b11-4+. The van der Waals surface area contributed by atoms with Crippen molar-refractivity contribution in [1.82, 2.24) is 10.2 Å². The summed E-state index contributed by atoms with van der Waals surface area (Å²) in [4.78, 5) is 14.0. The molecule has 86 valence electrons. The molecule has 1 heterocycles. The topological polar surface area (TPSA) is 32.3 Å². The van der Waals surface area contributed by atoms with Crippen LogP contribution in [0.4, 0.5) is 0 Å². The first kappa shape index (κ1) is 12.2. The molecule has 1 amide bonds. The molecule has 0 unspecified atom stereocenters. The van der Waals surface area contributed by atoms with Gasteiger partial charge < -0.3 is 5.32 Å². The van der Waals surface area contributed by atoms with Gasteiger partial charge in [-0.1, -0.05) is 19.4 Å². The van der Waals surface area contributed by atoms with E-state index in [0.717, 1.165) is 44.6 Å². The first-order chi connectivity index (χ1) is 7.27. The van der Waals surface area contributed by atoms with Crippen LogP contribution in [0.15, 0.2) is 11.6 Å². The van der Waals surface area contributed by atoms with E-state index in [1.807, 2.05) is 13.0 Å². The van der Waals surface area contributed by atoms with Gasteiger partial charge in [0, 0.05) is 18.7 Å². The van der Waals surface area contributed by atoms with Gasteiger partial charge in [0.2, 0.25) is 5.91 Å². The first-order valence-electron chi connectivity index (χ1n) is 5.93. The van der Waals surface area contributed by atoms with Gasteiger partial charge in [0.05, 0.1) is 0 Å². The summed E-state index contributed by atoms with van der Waals surface area (Å²) < 4.78 is 0. The molecule has 0 aromatic rings. The summed E-state index contributed by atoms with van der Waals surface area (Å²) in [6.07, 6.45) is 5.39. The lowest BCUT2D eigenvalue weighted by molar-refractivity contribution is -0.117. The number of amides is 1. The number of hydrogen-bond donors (Lipinski definition) is 1. The molecule has 0 spiro atoms. The van der Waals surface area contributed by atoms with E-state index in [-0.39, 0.29) is 5.91 Å². The maximum atomic E-state index is 11.7. The Morgan fingerprint density at radius 1 is 1.47 bits per heavy atom. The minimum absolute atomic E-state index is 0.109. The molecule has 0 aliphatic carbocycles. The van der Waals surface area contributed by atoms with E-state index in [0.29, 0.717) is 0 Å². The fourth-order valence-corrected chi connectivity index (χ4v) is 1.57. The van der Waals surface area contributed by atoms with E-state index < -0.39 is 0 Å². The highest BCUT2D eigenvalue weighted by Crippen LogP contribution is 2.09. The third-order valence-corrected chi connectivity index (χ3v) is 2.80. The van der Waals surface area contributed by atoms with Gasteiger partial charge in [0.25, 0.3) is 0 Å². The third kappa shape index (κ3) is 4.04. The second-order valence-electron chi connectivity index (χ2n) is 4.05. The van der Waals surface area contributed by atoms with Crippen LogP contribution in [0.1, 0.15) is 33.1 Å². The van der Waals surface area contributed by atoms with Gasteiger partial charge >= 0.3 is 0 Å². The molecule has 1 rings (SSSR count). The third-order valence-electron chi connectivity index (χ3n) is 2.80. The molecule has 1 saturated heterocycles. The largest absolute Gasteiger partial charge is 0.352 e. The molecule has 1 aliphatic rings. The van der Waals surface area contributed by atoms with Gasteiger partial charge in [-0.15, -0.1) is 0 Å². The second-order valence-corrected chi connectivity index (χ2v) is 4.05. The number of allylic oxidation sites excluding steroid dienone is 1. The smallest absolute Gasteiger partial charge is 0.248 e. The monoisotopic (exact) mass is 210 g/mol. The number of nitrogens with zero attached hydrogens (tertiary/aromatic N) is 1. The highest BCUT2D eigenvalue weighted by molar-refractivity contribution is 5.93. The van der Waals surface area contributed by atoms with E-state index in [2.05, 4.69) is 17.1 Å². The molecule has 0 radical (unpaired) electrons. The van der Waals surface area contributed by atoms with Crippen molar-refractivity contribution in [3.8, 4) is 0 Å². The molecule has 0 atom stereocenters. The van der Waals surface area contributed by atoms with Crippen LogP contribution >= 0.6 is 0 Å². The van der Waals surface area contributed by atoms with Crippen LogP contribution in [0.5, 0.6) is 0 Å². The number of nitrogens with one attached hydrogen (secondary N) is 1. The predicted octanol–water partition coefficient (Wildman–Crippen LogP) is 1.55. The first-order valence-corrected chi connectivity index (χ1v) is 5.93. The highest BCUT2D eigenvalue weighted by Gasteiger charge is 2.17. The van der Waals surface area contributed by atoms with Crippen LogP contribution in [-0.2, 0) is 4.79 Å². The van der Waals surface area contributed by atoms with Crippen molar-refractivity contribution in [3.05, 3.63) is 11.6 Å². The molecular weight excluding hydrogens is 188 g/mol.